The van der Waals surface area contributed by atoms with Crippen molar-refractivity contribution < 1.29 is 26.3 Å². The first-order valence-corrected chi connectivity index (χ1v) is 8.26. The highest BCUT2D eigenvalue weighted by Crippen LogP contribution is 2.29. The Morgan fingerprint density at radius 2 is 2.05 bits per heavy atom. The van der Waals surface area contributed by atoms with E-state index in [4.69, 9.17) is 5.14 Å². The lowest BCUT2D eigenvalue weighted by Crippen LogP contribution is -2.24. The monoisotopic (exact) mass is 338 g/mol. The maximum absolute atomic E-state index is 11.9. The number of hydrogen-bond donors (Lipinski definition) is 1. The van der Waals surface area contributed by atoms with Gasteiger partial charge in [0.05, 0.1) is 4.90 Å². The SMILES string of the molecule is NS(=O)(=O)c1ccc2c(c1)CCN2CCCOCC(F)(F)F. The second-order valence-corrected chi connectivity index (χ2v) is 6.66. The Hall–Kier alpha value is -1.32. The Kier molecular flexibility index (Phi) is 4.98. The van der Waals surface area contributed by atoms with E-state index in [0.29, 0.717) is 25.9 Å². The predicted octanol–water partition coefficient (Wildman–Crippen LogP) is 1.67. The quantitative estimate of drug-likeness (QED) is 0.801. The molecule has 5 nitrogen and oxygen atoms in total. The minimum absolute atomic E-state index is 0.0284. The standard InChI is InChI=1S/C13H17F3N2O3S/c14-13(15,16)9-21-7-1-5-18-6-4-10-8-11(22(17,19)20)2-3-12(10)18/h2-3,8H,1,4-7,9H2,(H2,17,19,20). The summed E-state index contributed by atoms with van der Waals surface area (Å²) in [7, 11) is -3.73. The van der Waals surface area contributed by atoms with Crippen molar-refractivity contribution in [2.75, 3.05) is 31.2 Å². The zero-order valence-corrected chi connectivity index (χ0v) is 12.6. The van der Waals surface area contributed by atoms with Gasteiger partial charge in [0.15, 0.2) is 0 Å². The van der Waals surface area contributed by atoms with E-state index in [0.717, 1.165) is 11.3 Å². The van der Waals surface area contributed by atoms with E-state index in [9.17, 15) is 21.6 Å². The van der Waals surface area contributed by atoms with Crippen LogP contribution in [0.4, 0.5) is 18.9 Å². The first-order valence-electron chi connectivity index (χ1n) is 6.72. The maximum Gasteiger partial charge on any atom is 0.411 e. The molecule has 1 aromatic carbocycles. The molecule has 2 N–H and O–H groups in total. The predicted molar refractivity (Wildman–Crippen MR) is 75.2 cm³/mol. The normalized spacial score (nSPS) is 15.2. The molecule has 1 aliphatic rings. The van der Waals surface area contributed by atoms with Gasteiger partial charge in [-0.1, -0.05) is 0 Å². The van der Waals surface area contributed by atoms with Crippen LogP contribution in [0.1, 0.15) is 12.0 Å². The summed E-state index contributed by atoms with van der Waals surface area (Å²) in [6.07, 6.45) is -3.15. The molecule has 0 saturated carbocycles. The molecule has 0 radical (unpaired) electrons. The fourth-order valence-electron chi connectivity index (χ4n) is 2.40. The Labute approximate surface area is 126 Å². The number of alkyl halides is 3. The molecule has 1 aromatic rings. The van der Waals surface area contributed by atoms with E-state index in [-0.39, 0.29) is 11.5 Å². The van der Waals surface area contributed by atoms with Crippen molar-refractivity contribution in [2.45, 2.75) is 23.9 Å². The summed E-state index contributed by atoms with van der Waals surface area (Å²) in [5.41, 5.74) is 1.77. The zero-order chi connectivity index (χ0) is 16.4. The lowest BCUT2D eigenvalue weighted by atomic mass is 10.2. The number of sulfonamides is 1. The number of ether oxygens (including phenoxy) is 1. The van der Waals surface area contributed by atoms with Crippen LogP contribution in [0.15, 0.2) is 23.1 Å². The van der Waals surface area contributed by atoms with Gasteiger partial charge >= 0.3 is 6.18 Å². The van der Waals surface area contributed by atoms with E-state index in [1.807, 2.05) is 4.90 Å². The molecule has 0 aromatic heterocycles. The number of rotatable bonds is 6. The van der Waals surface area contributed by atoms with Crippen molar-refractivity contribution in [3.05, 3.63) is 23.8 Å². The molecular weight excluding hydrogens is 321 g/mol. The number of fused-ring (bicyclic) bond motifs is 1. The van der Waals surface area contributed by atoms with Crippen molar-refractivity contribution in [3.63, 3.8) is 0 Å². The van der Waals surface area contributed by atoms with Gasteiger partial charge in [-0.2, -0.15) is 13.2 Å². The first-order chi connectivity index (χ1) is 10.2. The Bertz CT molecular complexity index is 632. The first kappa shape index (κ1) is 17.0. The van der Waals surface area contributed by atoms with Crippen LogP contribution < -0.4 is 10.0 Å². The summed E-state index contributed by atoms with van der Waals surface area (Å²) in [6.45, 7) is 0.0458. The highest BCUT2D eigenvalue weighted by Gasteiger charge is 2.27. The molecule has 1 heterocycles. The summed E-state index contributed by atoms with van der Waals surface area (Å²) in [5, 5.41) is 5.08. The van der Waals surface area contributed by atoms with Gasteiger partial charge in [0.2, 0.25) is 10.0 Å². The summed E-state index contributed by atoms with van der Waals surface area (Å²) in [4.78, 5) is 2.07. The Balaban J connectivity index is 1.88. The van der Waals surface area contributed by atoms with Gasteiger partial charge in [0.25, 0.3) is 0 Å². The maximum atomic E-state index is 11.9. The third-order valence-corrected chi connectivity index (χ3v) is 4.26. The van der Waals surface area contributed by atoms with Gasteiger partial charge in [0, 0.05) is 25.4 Å². The van der Waals surface area contributed by atoms with E-state index in [1.165, 1.54) is 6.07 Å². The van der Waals surface area contributed by atoms with Crippen LogP contribution in [0.5, 0.6) is 0 Å². The minimum atomic E-state index is -4.30. The van der Waals surface area contributed by atoms with Crippen LogP contribution in [0.3, 0.4) is 0 Å². The zero-order valence-electron chi connectivity index (χ0n) is 11.8. The van der Waals surface area contributed by atoms with Gasteiger partial charge in [-0.25, -0.2) is 13.6 Å². The summed E-state index contributed by atoms with van der Waals surface area (Å²) >= 11 is 0. The molecular formula is C13H17F3N2O3S. The average molecular weight is 338 g/mol. The molecule has 0 bridgehead atoms. The fraction of sp³-hybridized carbons (Fsp3) is 0.538. The van der Waals surface area contributed by atoms with Crippen molar-refractivity contribution in [1.29, 1.82) is 0 Å². The van der Waals surface area contributed by atoms with Crippen LogP contribution in [-0.2, 0) is 21.2 Å². The van der Waals surface area contributed by atoms with Gasteiger partial charge in [0.1, 0.15) is 6.61 Å². The van der Waals surface area contributed by atoms with Crippen molar-refractivity contribution >= 4 is 15.7 Å². The third-order valence-electron chi connectivity index (χ3n) is 3.35. The highest BCUT2D eigenvalue weighted by atomic mass is 32.2. The lowest BCUT2D eigenvalue weighted by Gasteiger charge is -2.19. The molecule has 9 heteroatoms. The minimum Gasteiger partial charge on any atom is -0.372 e. The highest BCUT2D eigenvalue weighted by molar-refractivity contribution is 7.89. The second-order valence-electron chi connectivity index (χ2n) is 5.09. The summed E-state index contributed by atoms with van der Waals surface area (Å²) in [5.74, 6) is 0. The average Bonchev–Trinajstić information content (AvgIpc) is 2.78. The molecule has 0 atom stereocenters. The van der Waals surface area contributed by atoms with Crippen LogP contribution in [0.2, 0.25) is 0 Å². The van der Waals surface area contributed by atoms with E-state index >= 15 is 0 Å². The van der Waals surface area contributed by atoms with Gasteiger partial charge < -0.3 is 9.64 Å². The van der Waals surface area contributed by atoms with Crippen LogP contribution in [0.25, 0.3) is 0 Å². The largest absolute Gasteiger partial charge is 0.411 e. The number of nitrogens with zero attached hydrogens (tertiary/aromatic N) is 1. The molecule has 124 valence electrons. The molecule has 0 spiro atoms. The Morgan fingerprint density at radius 1 is 1.32 bits per heavy atom. The smallest absolute Gasteiger partial charge is 0.372 e. The van der Waals surface area contributed by atoms with Gasteiger partial charge in [-0.3, -0.25) is 0 Å². The molecule has 0 unspecified atom stereocenters. The number of halogens is 3. The Morgan fingerprint density at radius 3 is 2.68 bits per heavy atom. The molecule has 0 aliphatic carbocycles. The number of anilines is 1. The van der Waals surface area contributed by atoms with Crippen molar-refractivity contribution in [3.8, 4) is 0 Å². The number of benzene rings is 1. The second kappa shape index (κ2) is 6.43. The van der Waals surface area contributed by atoms with E-state index in [2.05, 4.69) is 4.74 Å². The molecule has 0 fully saturated rings. The third kappa shape index (κ3) is 4.59. The number of nitrogens with two attached hydrogens (primary N) is 1. The molecule has 1 aliphatic heterocycles. The van der Waals surface area contributed by atoms with E-state index < -0.39 is 22.8 Å². The summed E-state index contributed by atoms with van der Waals surface area (Å²) < 4.78 is 62.9. The lowest BCUT2D eigenvalue weighted by molar-refractivity contribution is -0.173. The summed E-state index contributed by atoms with van der Waals surface area (Å²) in [6, 6.07) is 4.66. The molecule has 0 saturated heterocycles. The van der Waals surface area contributed by atoms with E-state index in [1.54, 1.807) is 12.1 Å². The van der Waals surface area contributed by atoms with Crippen molar-refractivity contribution in [2.24, 2.45) is 5.14 Å². The molecule has 2 rings (SSSR count). The topological polar surface area (TPSA) is 72.6 Å². The molecule has 0 amide bonds. The number of hydrogen-bond acceptors (Lipinski definition) is 4. The van der Waals surface area contributed by atoms with Crippen molar-refractivity contribution in [1.82, 2.24) is 0 Å². The number of primary sulfonamides is 1. The van der Waals surface area contributed by atoms with Crippen LogP contribution >= 0.6 is 0 Å². The molecule has 22 heavy (non-hydrogen) atoms. The van der Waals surface area contributed by atoms with Gasteiger partial charge in [-0.05, 0) is 36.6 Å². The van der Waals surface area contributed by atoms with Crippen LogP contribution in [-0.4, -0.2) is 40.9 Å². The van der Waals surface area contributed by atoms with Gasteiger partial charge in [-0.15, -0.1) is 0 Å². The van der Waals surface area contributed by atoms with Crippen LogP contribution in [0, 0.1) is 0 Å². The fourth-order valence-corrected chi connectivity index (χ4v) is 2.97.